The van der Waals surface area contributed by atoms with Gasteiger partial charge in [0.25, 0.3) is 0 Å². The van der Waals surface area contributed by atoms with Gasteiger partial charge in [-0.05, 0) is 52.0 Å². The van der Waals surface area contributed by atoms with Gasteiger partial charge in [0.15, 0.2) is 5.96 Å². The third kappa shape index (κ3) is 10.6. The molecule has 0 fully saturated rings. The Kier molecular flexibility index (Phi) is 10.9. The van der Waals surface area contributed by atoms with E-state index in [0.717, 1.165) is 19.0 Å². The number of ether oxygens (including phenoxy) is 1. The van der Waals surface area contributed by atoms with E-state index in [1.807, 2.05) is 6.92 Å². The highest BCUT2D eigenvalue weighted by molar-refractivity contribution is 14.0. The van der Waals surface area contributed by atoms with Crippen LogP contribution in [0.1, 0.15) is 27.7 Å². The number of halogens is 2. The second kappa shape index (κ2) is 11.5. The van der Waals surface area contributed by atoms with Crippen molar-refractivity contribution in [3.63, 3.8) is 0 Å². The molecule has 0 saturated heterocycles. The van der Waals surface area contributed by atoms with E-state index in [4.69, 9.17) is 4.74 Å². The van der Waals surface area contributed by atoms with Crippen LogP contribution in [0.4, 0.5) is 4.39 Å². The lowest BCUT2D eigenvalue weighted by atomic mass is 10.1. The first kappa shape index (κ1) is 22.9. The average Bonchev–Trinajstić information content (AvgIpc) is 2.48. The molecule has 0 aliphatic rings. The highest BCUT2D eigenvalue weighted by Crippen LogP contribution is 2.12. The number of hydrogen-bond acceptors (Lipinski definition) is 3. The number of nitrogens with zero attached hydrogens (tertiary/aromatic N) is 1. The number of rotatable bonds is 7. The summed E-state index contributed by atoms with van der Waals surface area (Å²) in [6.45, 7) is 10.6. The van der Waals surface area contributed by atoms with E-state index in [-0.39, 0.29) is 41.4 Å². The summed E-state index contributed by atoms with van der Waals surface area (Å²) in [7, 11) is 1.73. The summed E-state index contributed by atoms with van der Waals surface area (Å²) in [4.78, 5) is 4.17. The van der Waals surface area contributed by atoms with Crippen molar-refractivity contribution in [1.82, 2.24) is 16.0 Å². The third-order valence-corrected chi connectivity index (χ3v) is 3.00. The molecule has 3 N–H and O–H groups in total. The second-order valence-corrected chi connectivity index (χ2v) is 6.44. The molecule has 0 aliphatic heterocycles. The minimum Gasteiger partial charge on any atom is -0.489 e. The lowest BCUT2D eigenvalue weighted by Crippen LogP contribution is -2.46. The zero-order valence-electron chi connectivity index (χ0n) is 15.1. The summed E-state index contributed by atoms with van der Waals surface area (Å²) in [6.07, 6.45) is -0.0632. The normalized spacial score (nSPS) is 13.0. The van der Waals surface area contributed by atoms with Crippen LogP contribution >= 0.6 is 24.0 Å². The first-order valence-electron chi connectivity index (χ1n) is 7.92. The quantitative estimate of drug-likeness (QED) is 0.258. The summed E-state index contributed by atoms with van der Waals surface area (Å²) in [5.41, 5.74) is 0.107. The molecule has 138 valence electrons. The van der Waals surface area contributed by atoms with E-state index in [1.165, 1.54) is 12.1 Å². The molecule has 0 spiro atoms. The topological polar surface area (TPSA) is 57.7 Å². The van der Waals surface area contributed by atoms with E-state index < -0.39 is 0 Å². The zero-order chi connectivity index (χ0) is 17.3. The maximum absolute atomic E-state index is 12.8. The standard InChI is InChI=1S/C17H29FN4O.HI/c1-13(23-15-8-6-14(18)7-9-15)12-21-16(19-5)20-10-11-22-17(2,3)4;/h6-9,13,22H,10-12H2,1-5H3,(H2,19,20,21);1H. The molecule has 0 aromatic heterocycles. The van der Waals surface area contributed by atoms with Crippen molar-refractivity contribution >= 4 is 29.9 Å². The van der Waals surface area contributed by atoms with Gasteiger partial charge in [0.05, 0.1) is 6.54 Å². The van der Waals surface area contributed by atoms with Crippen LogP contribution in [0.25, 0.3) is 0 Å². The summed E-state index contributed by atoms with van der Waals surface area (Å²) in [5.74, 6) is 1.12. The molecule has 0 amide bonds. The van der Waals surface area contributed by atoms with Crippen molar-refractivity contribution in [2.75, 3.05) is 26.7 Å². The van der Waals surface area contributed by atoms with Crippen molar-refractivity contribution in [2.45, 2.75) is 39.3 Å². The van der Waals surface area contributed by atoms with E-state index in [2.05, 4.69) is 41.7 Å². The summed E-state index contributed by atoms with van der Waals surface area (Å²) >= 11 is 0. The van der Waals surface area contributed by atoms with E-state index in [1.54, 1.807) is 19.2 Å². The lowest BCUT2D eigenvalue weighted by Gasteiger charge is -2.21. The molecule has 1 unspecified atom stereocenters. The average molecular weight is 452 g/mol. The van der Waals surface area contributed by atoms with Gasteiger partial charge < -0.3 is 20.7 Å². The van der Waals surface area contributed by atoms with E-state index >= 15 is 0 Å². The monoisotopic (exact) mass is 452 g/mol. The molecule has 0 heterocycles. The van der Waals surface area contributed by atoms with Crippen LogP contribution in [0.5, 0.6) is 5.75 Å². The number of benzene rings is 1. The second-order valence-electron chi connectivity index (χ2n) is 6.44. The fraction of sp³-hybridized carbons (Fsp3) is 0.588. The molecule has 1 rings (SSSR count). The Hall–Kier alpha value is -1.09. The van der Waals surface area contributed by atoms with Crippen LogP contribution < -0.4 is 20.7 Å². The fourth-order valence-corrected chi connectivity index (χ4v) is 1.87. The van der Waals surface area contributed by atoms with E-state index in [0.29, 0.717) is 12.3 Å². The molecule has 1 aromatic carbocycles. The van der Waals surface area contributed by atoms with Gasteiger partial charge in [0, 0.05) is 25.7 Å². The molecule has 5 nitrogen and oxygen atoms in total. The number of nitrogens with one attached hydrogen (secondary N) is 3. The van der Waals surface area contributed by atoms with Gasteiger partial charge in [-0.3, -0.25) is 4.99 Å². The van der Waals surface area contributed by atoms with Gasteiger partial charge >= 0.3 is 0 Å². The van der Waals surface area contributed by atoms with Gasteiger partial charge in [-0.2, -0.15) is 0 Å². The van der Waals surface area contributed by atoms with Gasteiger partial charge in [-0.1, -0.05) is 0 Å². The largest absolute Gasteiger partial charge is 0.489 e. The number of hydrogen-bond donors (Lipinski definition) is 3. The van der Waals surface area contributed by atoms with Crippen LogP contribution in [0.2, 0.25) is 0 Å². The summed E-state index contributed by atoms with van der Waals surface area (Å²) in [6, 6.07) is 6.02. The first-order chi connectivity index (χ1) is 10.8. The molecule has 7 heteroatoms. The van der Waals surface area contributed by atoms with Gasteiger partial charge in [-0.25, -0.2) is 4.39 Å². The zero-order valence-corrected chi connectivity index (χ0v) is 17.5. The Morgan fingerprint density at radius 3 is 2.33 bits per heavy atom. The predicted octanol–water partition coefficient (Wildman–Crippen LogP) is 2.76. The van der Waals surface area contributed by atoms with Crippen LogP contribution in [-0.4, -0.2) is 44.3 Å². The molecular weight excluding hydrogens is 422 g/mol. The third-order valence-electron chi connectivity index (χ3n) is 3.00. The number of aliphatic imine (C=N–C) groups is 1. The van der Waals surface area contributed by atoms with Crippen LogP contribution in [0, 0.1) is 5.82 Å². The Balaban J connectivity index is 0.00000529. The minimum atomic E-state index is -0.267. The van der Waals surface area contributed by atoms with Crippen molar-refractivity contribution < 1.29 is 9.13 Å². The maximum Gasteiger partial charge on any atom is 0.191 e. The number of guanidine groups is 1. The van der Waals surface area contributed by atoms with Crippen molar-refractivity contribution in [3.8, 4) is 5.75 Å². The van der Waals surface area contributed by atoms with Crippen LogP contribution in [0.3, 0.4) is 0 Å². The highest BCUT2D eigenvalue weighted by Gasteiger charge is 2.08. The molecular formula is C17H30FIN4O. The van der Waals surface area contributed by atoms with E-state index in [9.17, 15) is 4.39 Å². The molecule has 0 radical (unpaired) electrons. The fourth-order valence-electron chi connectivity index (χ4n) is 1.87. The van der Waals surface area contributed by atoms with Crippen molar-refractivity contribution in [2.24, 2.45) is 4.99 Å². The molecule has 1 atom stereocenters. The molecule has 1 aromatic rings. The van der Waals surface area contributed by atoms with Gasteiger partial charge in [0.1, 0.15) is 17.7 Å². The maximum atomic E-state index is 12.8. The Labute approximate surface area is 161 Å². The smallest absolute Gasteiger partial charge is 0.191 e. The van der Waals surface area contributed by atoms with Gasteiger partial charge in [0.2, 0.25) is 0 Å². The first-order valence-corrected chi connectivity index (χ1v) is 7.92. The van der Waals surface area contributed by atoms with Crippen LogP contribution in [-0.2, 0) is 0 Å². The Bertz CT molecular complexity index is 488. The van der Waals surface area contributed by atoms with Gasteiger partial charge in [-0.15, -0.1) is 24.0 Å². The Morgan fingerprint density at radius 1 is 1.17 bits per heavy atom. The molecule has 0 bridgehead atoms. The lowest BCUT2D eigenvalue weighted by molar-refractivity contribution is 0.223. The van der Waals surface area contributed by atoms with Crippen molar-refractivity contribution in [1.29, 1.82) is 0 Å². The molecule has 0 aliphatic carbocycles. The summed E-state index contributed by atoms with van der Waals surface area (Å²) in [5, 5.41) is 9.85. The highest BCUT2D eigenvalue weighted by atomic mass is 127. The van der Waals surface area contributed by atoms with Crippen molar-refractivity contribution in [3.05, 3.63) is 30.1 Å². The Morgan fingerprint density at radius 2 is 1.79 bits per heavy atom. The summed E-state index contributed by atoms with van der Waals surface area (Å²) < 4.78 is 18.6. The van der Waals surface area contributed by atoms with Crippen LogP contribution in [0.15, 0.2) is 29.3 Å². The molecule has 24 heavy (non-hydrogen) atoms. The minimum absolute atomic E-state index is 0. The molecule has 0 saturated carbocycles. The SMILES string of the molecule is CN=C(NCCNC(C)(C)C)NCC(C)Oc1ccc(F)cc1.I. The predicted molar refractivity (Wildman–Crippen MR) is 109 cm³/mol.